The summed E-state index contributed by atoms with van der Waals surface area (Å²) in [4.78, 5) is 12.9. The van der Waals surface area contributed by atoms with Gasteiger partial charge in [0.15, 0.2) is 0 Å². The number of benzene rings is 2. The number of piperidine rings is 1. The van der Waals surface area contributed by atoms with Gasteiger partial charge in [0, 0.05) is 23.0 Å². The van der Waals surface area contributed by atoms with Crippen LogP contribution >= 0.6 is 22.9 Å². The lowest BCUT2D eigenvalue weighted by atomic mass is 9.96. The van der Waals surface area contributed by atoms with Gasteiger partial charge in [0.25, 0.3) is 0 Å². The molecule has 1 saturated heterocycles. The molecule has 3 heterocycles. The Hall–Kier alpha value is -2.95. The summed E-state index contributed by atoms with van der Waals surface area (Å²) in [5, 5.41) is 23.5. The Bertz CT molecular complexity index is 1500. The first-order valence-electron chi connectivity index (χ1n) is 11.0. The van der Waals surface area contributed by atoms with Crippen LogP contribution < -0.4 is 20.8 Å². The Morgan fingerprint density at radius 3 is 2.71 bits per heavy atom. The normalized spacial score (nSPS) is 16.8. The second kappa shape index (κ2) is 9.25. The summed E-state index contributed by atoms with van der Waals surface area (Å²) >= 11 is 6.72. The van der Waals surface area contributed by atoms with Crippen LogP contribution in [-0.2, 0) is 12.6 Å². The summed E-state index contributed by atoms with van der Waals surface area (Å²) < 4.78 is 42.9. The van der Waals surface area contributed by atoms with E-state index in [4.69, 9.17) is 11.6 Å². The molecule has 0 aliphatic carbocycles. The smallest absolute Gasteiger partial charge is 0.416 e. The van der Waals surface area contributed by atoms with Crippen molar-refractivity contribution in [2.45, 2.75) is 31.5 Å². The molecule has 182 valence electrons. The monoisotopic (exact) mass is 520 g/mol. The van der Waals surface area contributed by atoms with Gasteiger partial charge in [-0.1, -0.05) is 35.1 Å². The van der Waals surface area contributed by atoms with Gasteiger partial charge in [0.1, 0.15) is 0 Å². The molecule has 11 heteroatoms. The summed E-state index contributed by atoms with van der Waals surface area (Å²) in [6.45, 7) is 1.43. The van der Waals surface area contributed by atoms with Crippen LogP contribution in [0.1, 0.15) is 40.5 Å². The van der Waals surface area contributed by atoms with E-state index < -0.39 is 11.7 Å². The van der Waals surface area contributed by atoms with E-state index >= 15 is 0 Å². The van der Waals surface area contributed by atoms with Crippen molar-refractivity contribution in [3.63, 3.8) is 0 Å². The molecule has 2 N–H and O–H groups in total. The van der Waals surface area contributed by atoms with E-state index in [2.05, 4.69) is 15.5 Å². The first-order chi connectivity index (χ1) is 16.7. The van der Waals surface area contributed by atoms with Gasteiger partial charge in [-0.05, 0) is 66.6 Å². The van der Waals surface area contributed by atoms with Gasteiger partial charge in [-0.2, -0.15) is 23.4 Å². The fourth-order valence-electron chi connectivity index (χ4n) is 4.52. The summed E-state index contributed by atoms with van der Waals surface area (Å²) in [7, 11) is 0. The molecule has 3 aromatic rings. The zero-order valence-corrected chi connectivity index (χ0v) is 19.8. The third kappa shape index (κ3) is 4.65. The van der Waals surface area contributed by atoms with Crippen LogP contribution in [0.5, 0.6) is 5.88 Å². The van der Waals surface area contributed by atoms with E-state index in [1.165, 1.54) is 16.7 Å². The van der Waals surface area contributed by atoms with Crippen molar-refractivity contribution in [1.82, 2.24) is 9.88 Å². The van der Waals surface area contributed by atoms with E-state index in [1.807, 2.05) is 0 Å². The van der Waals surface area contributed by atoms with Crippen LogP contribution in [-0.4, -0.2) is 29.0 Å². The van der Waals surface area contributed by atoms with Gasteiger partial charge in [-0.15, -0.1) is 0 Å². The van der Waals surface area contributed by atoms with Gasteiger partial charge in [0.05, 0.1) is 22.0 Å². The minimum atomic E-state index is -4.62. The number of alkyl halides is 3. The molecule has 0 spiro atoms. The molecule has 0 saturated carbocycles. The highest BCUT2D eigenvalue weighted by molar-refractivity contribution is 7.10. The van der Waals surface area contributed by atoms with Crippen molar-refractivity contribution in [2.24, 2.45) is 10.2 Å². The molecule has 1 aromatic heterocycles. The minimum Gasteiger partial charge on any atom is -0.493 e. The van der Waals surface area contributed by atoms with Gasteiger partial charge < -0.3 is 10.4 Å². The Kier molecular flexibility index (Phi) is 6.29. The predicted octanol–water partition coefficient (Wildman–Crippen LogP) is 3.62. The van der Waals surface area contributed by atoms with Crippen molar-refractivity contribution in [3.8, 4) is 5.88 Å². The number of aromatic hydroxyl groups is 1. The molecule has 0 amide bonds. The number of hydrogen-bond donors (Lipinski definition) is 2. The summed E-state index contributed by atoms with van der Waals surface area (Å²) in [5.74, 6) is -0.219. The number of rotatable bonds is 4. The summed E-state index contributed by atoms with van der Waals surface area (Å²) in [6.07, 6.45) is -1.89. The second-order valence-corrected chi connectivity index (χ2v) is 9.84. The molecule has 0 atom stereocenters. The molecule has 0 unspecified atom stereocenters. The van der Waals surface area contributed by atoms with Crippen LogP contribution in [0.25, 0.3) is 5.57 Å². The number of nitrogens with zero attached hydrogens (tertiary/aromatic N) is 3. The highest BCUT2D eigenvalue weighted by Crippen LogP contribution is 2.38. The highest BCUT2D eigenvalue weighted by atomic mass is 35.5. The van der Waals surface area contributed by atoms with Gasteiger partial charge in [-0.25, -0.2) is 0 Å². The lowest BCUT2D eigenvalue weighted by Gasteiger charge is -2.23. The number of thiazole rings is 1. The SMILES string of the molecule is O=c1sc(C(Cc2ccc(Cl)cc2C(F)(F)F)=c2ccc3c(c2)C=NN=3)c(O)n1C1CCNCC1. The Balaban J connectivity index is 1.71. The number of fused-ring (bicyclic) bond motifs is 1. The second-order valence-electron chi connectivity index (χ2n) is 8.44. The maximum atomic E-state index is 13.8. The molecule has 0 bridgehead atoms. The van der Waals surface area contributed by atoms with E-state index in [-0.39, 0.29) is 38.7 Å². The minimum absolute atomic E-state index is 0.00980. The van der Waals surface area contributed by atoms with Crippen LogP contribution in [0.15, 0.2) is 51.4 Å². The maximum absolute atomic E-state index is 13.8. The first kappa shape index (κ1) is 23.8. The molecule has 1 fully saturated rings. The van der Waals surface area contributed by atoms with Crippen LogP contribution in [0.3, 0.4) is 0 Å². The van der Waals surface area contributed by atoms with Crippen LogP contribution in [0, 0.1) is 0 Å². The topological polar surface area (TPSA) is 79.0 Å². The van der Waals surface area contributed by atoms with E-state index in [0.717, 1.165) is 17.4 Å². The third-order valence-electron chi connectivity index (χ3n) is 6.25. The average Bonchev–Trinajstić information content (AvgIpc) is 3.41. The number of halogens is 4. The standard InChI is InChI=1S/C24H20ClF3N4O2S/c25-16-3-1-14(19(11-16)24(26,27)28)10-18(13-2-4-20-15(9-13)12-30-31-20)21-22(33)32(23(34)35-21)17-5-7-29-8-6-17/h1-4,9,11-12,17,29,33H,5-8,10H2. The zero-order valence-electron chi connectivity index (χ0n) is 18.3. The van der Waals surface area contributed by atoms with Crippen molar-refractivity contribution in [2.75, 3.05) is 13.1 Å². The molecule has 6 nitrogen and oxygen atoms in total. The average molecular weight is 521 g/mol. The van der Waals surface area contributed by atoms with Gasteiger partial charge >= 0.3 is 11.0 Å². The third-order valence-corrected chi connectivity index (χ3v) is 7.49. The van der Waals surface area contributed by atoms with E-state index in [9.17, 15) is 23.1 Å². The van der Waals surface area contributed by atoms with Crippen molar-refractivity contribution in [3.05, 3.63) is 83.2 Å². The van der Waals surface area contributed by atoms with Crippen molar-refractivity contribution in [1.29, 1.82) is 0 Å². The van der Waals surface area contributed by atoms with E-state index in [0.29, 0.717) is 47.6 Å². The summed E-state index contributed by atoms with van der Waals surface area (Å²) in [6, 6.07) is 8.64. The summed E-state index contributed by atoms with van der Waals surface area (Å²) in [5.41, 5.74) is 0.249. The highest BCUT2D eigenvalue weighted by Gasteiger charge is 2.34. The largest absolute Gasteiger partial charge is 0.493 e. The zero-order chi connectivity index (χ0) is 24.7. The Morgan fingerprint density at radius 2 is 1.97 bits per heavy atom. The molecule has 2 aliphatic heterocycles. The molecule has 35 heavy (non-hydrogen) atoms. The lowest BCUT2D eigenvalue weighted by Crippen LogP contribution is -2.32. The van der Waals surface area contributed by atoms with Gasteiger partial charge in [0.2, 0.25) is 5.88 Å². The molecule has 5 rings (SSSR count). The quantitative estimate of drug-likeness (QED) is 0.551. The molecular weight excluding hydrogens is 501 g/mol. The first-order valence-corrected chi connectivity index (χ1v) is 12.2. The Morgan fingerprint density at radius 1 is 1.20 bits per heavy atom. The molecule has 2 aromatic carbocycles. The molecular formula is C24H20ClF3N4O2S. The maximum Gasteiger partial charge on any atom is 0.416 e. The van der Waals surface area contributed by atoms with E-state index in [1.54, 1.807) is 24.4 Å². The van der Waals surface area contributed by atoms with Gasteiger partial charge in [-0.3, -0.25) is 9.36 Å². The van der Waals surface area contributed by atoms with Crippen LogP contribution in [0.2, 0.25) is 5.02 Å². The molecule has 0 radical (unpaired) electrons. The fraction of sp³-hybridized carbons (Fsp3) is 0.292. The Labute approximate surface area is 206 Å². The molecule has 2 aliphatic rings. The fourth-order valence-corrected chi connectivity index (χ4v) is 5.71. The number of nitrogens with one attached hydrogen (secondary N) is 1. The number of aromatic nitrogens is 1. The van der Waals surface area contributed by atoms with Crippen molar-refractivity contribution < 1.29 is 18.3 Å². The predicted molar refractivity (Wildman–Crippen MR) is 129 cm³/mol. The van der Waals surface area contributed by atoms with Crippen molar-refractivity contribution >= 4 is 34.7 Å². The lowest BCUT2D eigenvalue weighted by molar-refractivity contribution is -0.138. The number of hydrogen-bond acceptors (Lipinski definition) is 6. The van der Waals surface area contributed by atoms with Crippen LogP contribution in [0.4, 0.5) is 13.2 Å².